The molecule has 0 radical (unpaired) electrons. The number of nitrogens with two attached hydrogens (primary N) is 1. The number of anilines is 1. The van der Waals surface area contributed by atoms with Crippen molar-refractivity contribution < 1.29 is 9.50 Å². The maximum atomic E-state index is 13.7. The van der Waals surface area contributed by atoms with Crippen molar-refractivity contribution in [3.8, 4) is 0 Å². The minimum Gasteiger partial charge on any atom is -0.390 e. The highest BCUT2D eigenvalue weighted by Gasteiger charge is 2.39. The van der Waals surface area contributed by atoms with E-state index in [4.69, 9.17) is 33.9 Å². The Hall–Kier alpha value is -1.19. The van der Waals surface area contributed by atoms with Crippen LogP contribution in [0.15, 0.2) is 22.2 Å². The van der Waals surface area contributed by atoms with Gasteiger partial charge in [-0.25, -0.2) is 15.0 Å². The number of hydrogen-bond donors (Lipinski definition) is 2. The average Bonchev–Trinajstić information content (AvgIpc) is 2.72. The van der Waals surface area contributed by atoms with Gasteiger partial charge in [-0.15, -0.1) is 0 Å². The van der Waals surface area contributed by atoms with Crippen LogP contribution in [-0.4, -0.2) is 45.9 Å². The van der Waals surface area contributed by atoms with Crippen LogP contribution in [0.4, 0.5) is 10.2 Å². The Labute approximate surface area is 184 Å². The third kappa shape index (κ3) is 4.61. The number of piperidine rings is 1. The van der Waals surface area contributed by atoms with E-state index in [2.05, 4.69) is 9.97 Å². The Morgan fingerprint density at radius 2 is 2.03 bits per heavy atom. The molecule has 3 N–H and O–H groups in total. The number of aromatic nitrogens is 3. The van der Waals surface area contributed by atoms with Crippen molar-refractivity contribution in [3.63, 3.8) is 0 Å². The average molecular weight is 460 g/mol. The molecule has 1 saturated heterocycles. The van der Waals surface area contributed by atoms with Crippen LogP contribution in [0.2, 0.25) is 10.2 Å². The highest BCUT2D eigenvalue weighted by molar-refractivity contribution is 7.99. The Morgan fingerprint density at radius 3 is 2.62 bits per heavy atom. The molecular formula is C19H24Cl2FN5OS. The molecule has 0 saturated carbocycles. The fraction of sp³-hybridized carbons (Fsp3) is 0.526. The third-order valence-corrected chi connectivity index (χ3v) is 7.55. The van der Waals surface area contributed by atoms with E-state index in [9.17, 15) is 9.50 Å². The lowest BCUT2D eigenvalue weighted by Gasteiger charge is -2.43. The summed E-state index contributed by atoms with van der Waals surface area (Å²) >= 11 is 13.5. The quantitative estimate of drug-likeness (QED) is 0.630. The van der Waals surface area contributed by atoms with Gasteiger partial charge in [-0.2, -0.15) is 0 Å². The van der Waals surface area contributed by atoms with Gasteiger partial charge in [0.1, 0.15) is 15.9 Å². The molecule has 0 amide bonds. The monoisotopic (exact) mass is 459 g/mol. The number of nitrogens with zero attached hydrogens (tertiary/aromatic N) is 4. The first-order valence-corrected chi connectivity index (χ1v) is 10.9. The molecule has 1 aliphatic rings. The summed E-state index contributed by atoms with van der Waals surface area (Å²) in [5, 5.41) is 11.1. The standard InChI is InChI=1S/C19H24Cl2FN5OS/c1-11-18(29-14-3-6-24-16(21)15(14)20)26-13(9-28)17(25-11)27-7-4-19(10-22,5-8-27)12(2)23/h3,6,12,28H,4-5,7-10,23H2,1-2H3/t12-/m1/s1. The van der Waals surface area contributed by atoms with Crippen LogP contribution in [0.25, 0.3) is 0 Å². The minimum atomic E-state index is -0.495. The van der Waals surface area contributed by atoms with E-state index in [-0.39, 0.29) is 17.8 Å². The summed E-state index contributed by atoms with van der Waals surface area (Å²) in [4.78, 5) is 16.0. The topological polar surface area (TPSA) is 88.2 Å². The number of rotatable bonds is 6. The lowest BCUT2D eigenvalue weighted by molar-refractivity contribution is 0.128. The lowest BCUT2D eigenvalue weighted by atomic mass is 9.74. The van der Waals surface area contributed by atoms with Crippen LogP contribution in [-0.2, 0) is 6.61 Å². The maximum absolute atomic E-state index is 13.7. The van der Waals surface area contributed by atoms with Crippen LogP contribution < -0.4 is 10.6 Å². The first kappa shape index (κ1) is 22.5. The second-order valence-electron chi connectivity index (χ2n) is 7.33. The van der Waals surface area contributed by atoms with E-state index in [1.165, 1.54) is 11.8 Å². The molecule has 29 heavy (non-hydrogen) atoms. The van der Waals surface area contributed by atoms with Gasteiger partial charge >= 0.3 is 0 Å². The van der Waals surface area contributed by atoms with Crippen molar-refractivity contribution in [1.29, 1.82) is 0 Å². The van der Waals surface area contributed by atoms with Gasteiger partial charge in [-0.1, -0.05) is 35.0 Å². The highest BCUT2D eigenvalue weighted by Crippen LogP contribution is 2.39. The van der Waals surface area contributed by atoms with E-state index in [0.717, 1.165) is 0 Å². The SMILES string of the molecule is Cc1nc(N2CCC(CF)([C@@H](C)N)CC2)c(CO)nc1Sc1ccnc(Cl)c1Cl. The number of hydrogen-bond acceptors (Lipinski definition) is 7. The Morgan fingerprint density at radius 1 is 1.34 bits per heavy atom. The van der Waals surface area contributed by atoms with Gasteiger partial charge in [0.25, 0.3) is 0 Å². The number of aryl methyl sites for hydroxylation is 1. The molecule has 0 spiro atoms. The van der Waals surface area contributed by atoms with Crippen molar-refractivity contribution in [3.05, 3.63) is 33.8 Å². The van der Waals surface area contributed by atoms with Crippen molar-refractivity contribution in [1.82, 2.24) is 15.0 Å². The van der Waals surface area contributed by atoms with E-state index >= 15 is 0 Å². The molecule has 0 unspecified atom stereocenters. The summed E-state index contributed by atoms with van der Waals surface area (Å²) in [7, 11) is 0. The predicted octanol–water partition coefficient (Wildman–Crippen LogP) is 4.03. The molecule has 0 bridgehead atoms. The third-order valence-electron chi connectivity index (χ3n) is 5.54. The van der Waals surface area contributed by atoms with E-state index < -0.39 is 12.1 Å². The van der Waals surface area contributed by atoms with Crippen molar-refractivity contribution in [2.75, 3.05) is 24.7 Å². The van der Waals surface area contributed by atoms with Gasteiger partial charge in [-0.3, -0.25) is 4.39 Å². The molecule has 0 aromatic carbocycles. The van der Waals surface area contributed by atoms with Gasteiger partial charge in [0, 0.05) is 35.6 Å². The van der Waals surface area contributed by atoms with Gasteiger partial charge < -0.3 is 15.7 Å². The molecular weight excluding hydrogens is 436 g/mol. The number of aliphatic hydroxyl groups is 1. The molecule has 10 heteroatoms. The summed E-state index contributed by atoms with van der Waals surface area (Å²) in [6.45, 7) is 4.27. The molecule has 2 aromatic rings. The molecule has 0 aliphatic carbocycles. The van der Waals surface area contributed by atoms with Gasteiger partial charge in [0.05, 0.1) is 24.0 Å². The van der Waals surface area contributed by atoms with Crippen molar-refractivity contribution >= 4 is 40.8 Å². The number of alkyl halides is 1. The predicted molar refractivity (Wildman–Crippen MR) is 115 cm³/mol. The first-order valence-electron chi connectivity index (χ1n) is 9.34. The molecule has 1 fully saturated rings. The van der Waals surface area contributed by atoms with E-state index in [0.29, 0.717) is 58.1 Å². The second-order valence-corrected chi connectivity index (χ2v) is 9.10. The Bertz CT molecular complexity index is 878. The fourth-order valence-electron chi connectivity index (χ4n) is 3.44. The summed E-state index contributed by atoms with van der Waals surface area (Å²) in [5.41, 5.74) is 6.73. The summed E-state index contributed by atoms with van der Waals surface area (Å²) in [6.07, 6.45) is 2.84. The first-order chi connectivity index (χ1) is 13.8. The summed E-state index contributed by atoms with van der Waals surface area (Å²) in [6, 6.07) is 1.54. The van der Waals surface area contributed by atoms with Gasteiger partial charge in [-0.05, 0) is 32.8 Å². The van der Waals surface area contributed by atoms with E-state index in [1.54, 1.807) is 12.3 Å². The van der Waals surface area contributed by atoms with E-state index in [1.807, 2.05) is 18.7 Å². The summed E-state index contributed by atoms with van der Waals surface area (Å²) in [5.74, 6) is 0.630. The van der Waals surface area contributed by atoms with Gasteiger partial charge in [0.2, 0.25) is 0 Å². The smallest absolute Gasteiger partial charge is 0.153 e. The molecule has 3 heterocycles. The largest absolute Gasteiger partial charge is 0.390 e. The number of aliphatic hydroxyl groups excluding tert-OH is 1. The molecule has 158 valence electrons. The van der Waals surface area contributed by atoms with Gasteiger partial charge in [0.15, 0.2) is 5.82 Å². The number of pyridine rings is 1. The fourth-order valence-corrected chi connectivity index (χ4v) is 4.75. The molecule has 1 aliphatic heterocycles. The van der Waals surface area contributed by atoms with Crippen molar-refractivity contribution in [2.45, 2.75) is 49.3 Å². The number of halogens is 3. The van der Waals surface area contributed by atoms with Crippen LogP contribution in [0.1, 0.15) is 31.2 Å². The summed E-state index contributed by atoms with van der Waals surface area (Å²) < 4.78 is 13.7. The van der Waals surface area contributed by atoms with Crippen LogP contribution >= 0.6 is 35.0 Å². The zero-order chi connectivity index (χ0) is 21.2. The minimum absolute atomic E-state index is 0.213. The molecule has 3 rings (SSSR count). The molecule has 1 atom stereocenters. The van der Waals surface area contributed by atoms with Crippen LogP contribution in [0.5, 0.6) is 0 Å². The Kier molecular flexibility index (Phi) is 7.22. The van der Waals surface area contributed by atoms with Crippen molar-refractivity contribution in [2.24, 2.45) is 11.1 Å². The normalized spacial score (nSPS) is 17.4. The molecule has 6 nitrogen and oxygen atoms in total. The highest BCUT2D eigenvalue weighted by atomic mass is 35.5. The maximum Gasteiger partial charge on any atom is 0.153 e. The lowest BCUT2D eigenvalue weighted by Crippen LogP contribution is -2.50. The zero-order valence-corrected chi connectivity index (χ0v) is 18.7. The second kappa shape index (κ2) is 9.31. The molecule has 2 aromatic heterocycles. The van der Waals surface area contributed by atoms with Crippen LogP contribution in [0.3, 0.4) is 0 Å². The van der Waals surface area contributed by atoms with Crippen LogP contribution in [0, 0.1) is 12.3 Å². The Balaban J connectivity index is 1.85. The zero-order valence-electron chi connectivity index (χ0n) is 16.3.